The van der Waals surface area contributed by atoms with Crippen LogP contribution in [0.3, 0.4) is 0 Å². The first-order chi connectivity index (χ1) is 7.25. The predicted molar refractivity (Wildman–Crippen MR) is 66.2 cm³/mol. The molecule has 5 heteroatoms. The van der Waals surface area contributed by atoms with Gasteiger partial charge in [0.1, 0.15) is 0 Å². The number of aliphatic carboxylic acids is 1. The van der Waals surface area contributed by atoms with E-state index in [4.69, 9.17) is 5.11 Å². The molecular formula is C11H22AsNO3. The number of nitrogens with one attached hydrogen (secondary N) is 1. The molecule has 0 aliphatic carbocycles. The van der Waals surface area contributed by atoms with Crippen LogP contribution < -0.4 is 5.32 Å². The summed E-state index contributed by atoms with van der Waals surface area (Å²) in [5.41, 5.74) is 0. The summed E-state index contributed by atoms with van der Waals surface area (Å²) in [7, 11) is 0. The van der Waals surface area contributed by atoms with E-state index in [9.17, 15) is 9.59 Å². The van der Waals surface area contributed by atoms with Gasteiger partial charge in [-0.3, -0.25) is 0 Å². The average molecular weight is 291 g/mol. The van der Waals surface area contributed by atoms with Gasteiger partial charge in [0.05, 0.1) is 0 Å². The van der Waals surface area contributed by atoms with Gasteiger partial charge < -0.3 is 0 Å². The summed E-state index contributed by atoms with van der Waals surface area (Å²) >= 11 is 1.35. The van der Waals surface area contributed by atoms with Gasteiger partial charge in [-0.25, -0.2) is 0 Å². The van der Waals surface area contributed by atoms with Gasteiger partial charge in [0.2, 0.25) is 0 Å². The quantitative estimate of drug-likeness (QED) is 0.707. The van der Waals surface area contributed by atoms with E-state index in [2.05, 4.69) is 19.2 Å². The third-order valence-electron chi connectivity index (χ3n) is 2.29. The van der Waals surface area contributed by atoms with Crippen LogP contribution in [-0.4, -0.2) is 39.9 Å². The van der Waals surface area contributed by atoms with Gasteiger partial charge >= 0.3 is 105 Å². The Bertz CT molecular complexity index is 254. The van der Waals surface area contributed by atoms with Gasteiger partial charge in [0.25, 0.3) is 0 Å². The SMILES string of the molecule is CC(C)C[C@H]([AsH2])C(=O)N[C@H](C(=O)O)C(C)C. The van der Waals surface area contributed by atoms with Crippen molar-refractivity contribution in [3.8, 4) is 0 Å². The summed E-state index contributed by atoms with van der Waals surface area (Å²) in [4.78, 5) is 22.7. The van der Waals surface area contributed by atoms with E-state index in [1.54, 1.807) is 13.8 Å². The molecule has 0 aliphatic rings. The Morgan fingerprint density at radius 2 is 1.75 bits per heavy atom. The van der Waals surface area contributed by atoms with Crippen LogP contribution >= 0.6 is 0 Å². The van der Waals surface area contributed by atoms with Crippen molar-refractivity contribution in [3.63, 3.8) is 0 Å². The molecule has 0 aromatic heterocycles. The molecule has 0 radical (unpaired) electrons. The van der Waals surface area contributed by atoms with Crippen LogP contribution in [-0.2, 0) is 9.59 Å². The number of hydrogen-bond acceptors (Lipinski definition) is 2. The Balaban J connectivity index is 4.35. The third kappa shape index (κ3) is 5.55. The fourth-order valence-corrected chi connectivity index (χ4v) is 2.73. The summed E-state index contributed by atoms with van der Waals surface area (Å²) in [5, 5.41) is 11.5. The molecule has 0 spiro atoms. The number of carboxylic acids is 1. The number of amides is 1. The van der Waals surface area contributed by atoms with Gasteiger partial charge in [-0.2, -0.15) is 0 Å². The summed E-state index contributed by atoms with van der Waals surface area (Å²) in [5.74, 6) is -0.757. The van der Waals surface area contributed by atoms with Crippen molar-refractivity contribution >= 4 is 28.7 Å². The molecule has 0 aromatic rings. The molecule has 0 saturated heterocycles. The Morgan fingerprint density at radius 1 is 1.25 bits per heavy atom. The molecule has 16 heavy (non-hydrogen) atoms. The first-order valence-electron chi connectivity index (χ1n) is 5.54. The molecule has 3 atom stereocenters. The average Bonchev–Trinajstić information content (AvgIpc) is 2.11. The summed E-state index contributed by atoms with van der Waals surface area (Å²) in [6.07, 6.45) is 0.802. The molecule has 0 saturated carbocycles. The first kappa shape index (κ1) is 15.5. The normalized spacial score (nSPS) is 14.9. The van der Waals surface area contributed by atoms with Crippen molar-refractivity contribution in [2.45, 2.75) is 44.9 Å². The monoisotopic (exact) mass is 291 g/mol. The van der Waals surface area contributed by atoms with Crippen LogP contribution in [0.1, 0.15) is 34.1 Å². The van der Waals surface area contributed by atoms with Gasteiger partial charge in [-0.1, -0.05) is 0 Å². The fraction of sp³-hybridized carbons (Fsp3) is 0.818. The second-order valence-electron chi connectivity index (χ2n) is 4.80. The minimum atomic E-state index is -0.965. The number of carbonyl (C=O) groups excluding carboxylic acids is 1. The zero-order chi connectivity index (χ0) is 12.9. The van der Waals surface area contributed by atoms with Crippen LogP contribution in [0.4, 0.5) is 0 Å². The van der Waals surface area contributed by atoms with Gasteiger partial charge in [-0.05, 0) is 0 Å². The predicted octanol–water partition coefficient (Wildman–Crippen LogP) is 0.679. The van der Waals surface area contributed by atoms with Crippen LogP contribution in [0.5, 0.6) is 0 Å². The molecule has 0 aliphatic heterocycles. The number of rotatable bonds is 6. The van der Waals surface area contributed by atoms with Crippen LogP contribution in [0.2, 0.25) is 4.71 Å². The summed E-state index contributed by atoms with van der Waals surface area (Å²) in [6, 6.07) is -0.780. The van der Waals surface area contributed by atoms with Crippen molar-refractivity contribution in [1.29, 1.82) is 0 Å². The van der Waals surface area contributed by atoms with Crippen molar-refractivity contribution in [3.05, 3.63) is 0 Å². The Hall–Kier alpha value is -0.502. The topological polar surface area (TPSA) is 66.4 Å². The van der Waals surface area contributed by atoms with Crippen LogP contribution in [0, 0.1) is 11.8 Å². The maximum absolute atomic E-state index is 11.7. The summed E-state index contributed by atoms with van der Waals surface area (Å²) < 4.78 is -0.0758. The molecule has 0 fully saturated rings. The van der Waals surface area contributed by atoms with Crippen molar-refractivity contribution in [2.24, 2.45) is 11.8 Å². The molecule has 0 bridgehead atoms. The molecule has 0 heterocycles. The maximum atomic E-state index is 11.7. The minimum absolute atomic E-state index is 0.0758. The number of carbonyl (C=O) groups is 2. The van der Waals surface area contributed by atoms with Crippen LogP contribution in [0.15, 0.2) is 0 Å². The third-order valence-corrected chi connectivity index (χ3v) is 3.50. The molecule has 0 aromatic carbocycles. The Morgan fingerprint density at radius 3 is 2.06 bits per heavy atom. The first-order valence-corrected chi connectivity index (χ1v) is 6.94. The van der Waals surface area contributed by atoms with Gasteiger partial charge in [0, 0.05) is 0 Å². The van der Waals surface area contributed by atoms with E-state index in [1.165, 1.54) is 16.9 Å². The number of carboxylic acid groups (broad SMARTS) is 1. The molecular weight excluding hydrogens is 269 g/mol. The Labute approximate surface area is 106 Å². The van der Waals surface area contributed by atoms with Crippen molar-refractivity contribution in [2.75, 3.05) is 0 Å². The Kier molecular flexibility index (Phi) is 6.73. The van der Waals surface area contributed by atoms with E-state index in [0.717, 1.165) is 6.42 Å². The molecule has 0 rings (SSSR count). The zero-order valence-electron chi connectivity index (χ0n) is 10.4. The molecule has 4 nitrogen and oxygen atoms in total. The standard InChI is InChI=1S/C11H22AsNO3/c1-6(2)5-8(12)10(14)13-9(7(3)4)11(15)16/h6-9H,5,12H2,1-4H3,(H,13,14)(H,15,16)/t8-,9-/m0/s1. The van der Waals surface area contributed by atoms with Crippen LogP contribution in [0.25, 0.3) is 0 Å². The van der Waals surface area contributed by atoms with E-state index in [-0.39, 0.29) is 16.5 Å². The van der Waals surface area contributed by atoms with E-state index >= 15 is 0 Å². The summed E-state index contributed by atoms with van der Waals surface area (Å²) in [6.45, 7) is 7.68. The van der Waals surface area contributed by atoms with Gasteiger partial charge in [0.15, 0.2) is 0 Å². The van der Waals surface area contributed by atoms with E-state index in [1.807, 2.05) is 0 Å². The molecule has 1 unspecified atom stereocenters. The van der Waals surface area contributed by atoms with Gasteiger partial charge in [-0.15, -0.1) is 0 Å². The van der Waals surface area contributed by atoms with E-state index in [0.29, 0.717) is 5.92 Å². The second kappa shape index (κ2) is 6.95. The molecule has 2 N–H and O–H groups in total. The van der Waals surface area contributed by atoms with E-state index < -0.39 is 12.0 Å². The molecule has 1 amide bonds. The van der Waals surface area contributed by atoms with Crippen molar-refractivity contribution in [1.82, 2.24) is 5.32 Å². The second-order valence-corrected chi connectivity index (χ2v) is 6.49. The van der Waals surface area contributed by atoms with Crippen molar-refractivity contribution < 1.29 is 14.7 Å². The number of hydrogen-bond donors (Lipinski definition) is 2. The fourth-order valence-electron chi connectivity index (χ4n) is 1.39. The zero-order valence-corrected chi connectivity index (χ0v) is 12.8. The molecule has 94 valence electrons.